The van der Waals surface area contributed by atoms with Crippen molar-refractivity contribution in [3.05, 3.63) is 58.3 Å². The first-order chi connectivity index (χ1) is 9.25. The smallest absolute Gasteiger partial charge is 0.220 e. The van der Waals surface area contributed by atoms with Gasteiger partial charge in [-0.2, -0.15) is 0 Å². The lowest BCUT2D eigenvalue weighted by atomic mass is 10.1. The fourth-order valence-electron chi connectivity index (χ4n) is 1.78. The molecule has 1 aromatic heterocycles. The minimum absolute atomic E-state index is 0.0283. The third-order valence-electron chi connectivity index (χ3n) is 2.85. The van der Waals surface area contributed by atoms with E-state index in [1.54, 1.807) is 0 Å². The van der Waals surface area contributed by atoms with Gasteiger partial charge in [0.25, 0.3) is 0 Å². The number of aliphatic hydroxyl groups is 1. The summed E-state index contributed by atoms with van der Waals surface area (Å²) in [6.07, 6.45) is 0.559. The van der Waals surface area contributed by atoms with Gasteiger partial charge in [-0.15, -0.1) is 11.3 Å². The van der Waals surface area contributed by atoms with Gasteiger partial charge in [0.05, 0.1) is 0 Å². The Kier molecular flexibility index (Phi) is 5.12. The highest BCUT2D eigenvalue weighted by molar-refractivity contribution is 7.10. The first-order valence-electron chi connectivity index (χ1n) is 6.28. The summed E-state index contributed by atoms with van der Waals surface area (Å²) < 4.78 is 0. The molecule has 0 aliphatic rings. The third kappa shape index (κ3) is 4.50. The molecule has 4 heteroatoms. The number of aryl methyl sites for hydroxylation is 1. The highest BCUT2D eigenvalue weighted by Crippen LogP contribution is 2.17. The monoisotopic (exact) mass is 275 g/mol. The largest absolute Gasteiger partial charge is 0.386 e. The maximum atomic E-state index is 11.7. The van der Waals surface area contributed by atoms with E-state index in [2.05, 4.69) is 5.32 Å². The molecule has 1 aromatic carbocycles. The lowest BCUT2D eigenvalue weighted by molar-refractivity contribution is -0.121. The van der Waals surface area contributed by atoms with Crippen LogP contribution in [-0.4, -0.2) is 17.6 Å². The van der Waals surface area contributed by atoms with Gasteiger partial charge in [-0.3, -0.25) is 4.79 Å². The summed E-state index contributed by atoms with van der Waals surface area (Å²) in [6, 6.07) is 13.7. The number of aliphatic hydroxyl groups excluding tert-OH is 1. The van der Waals surface area contributed by atoms with Crippen LogP contribution >= 0.6 is 11.3 Å². The van der Waals surface area contributed by atoms with Crippen molar-refractivity contribution in [1.82, 2.24) is 5.32 Å². The van der Waals surface area contributed by atoms with Crippen LogP contribution in [0.2, 0.25) is 0 Å². The predicted octanol–water partition coefficient (Wildman–Crippen LogP) is 2.53. The zero-order chi connectivity index (χ0) is 13.5. The van der Waals surface area contributed by atoms with Crippen molar-refractivity contribution >= 4 is 17.2 Å². The molecule has 1 atom stereocenters. The Labute approximate surface area is 116 Å². The van der Waals surface area contributed by atoms with Crippen molar-refractivity contribution < 1.29 is 9.90 Å². The first-order valence-corrected chi connectivity index (χ1v) is 7.16. The number of carbonyl (C=O) groups excluding carboxylic acids is 1. The zero-order valence-electron chi connectivity index (χ0n) is 10.6. The van der Waals surface area contributed by atoms with Crippen molar-refractivity contribution in [1.29, 1.82) is 0 Å². The molecule has 0 radical (unpaired) electrons. The topological polar surface area (TPSA) is 49.3 Å². The van der Waals surface area contributed by atoms with E-state index in [4.69, 9.17) is 0 Å². The van der Waals surface area contributed by atoms with Crippen LogP contribution in [0.5, 0.6) is 0 Å². The molecule has 0 fully saturated rings. The molecular weight excluding hydrogens is 258 g/mol. The summed E-state index contributed by atoms with van der Waals surface area (Å²) in [5.74, 6) is -0.0283. The average Bonchev–Trinajstić information content (AvgIpc) is 2.98. The van der Waals surface area contributed by atoms with E-state index in [1.807, 2.05) is 47.8 Å². The molecule has 0 aliphatic carbocycles. The van der Waals surface area contributed by atoms with Crippen molar-refractivity contribution in [2.24, 2.45) is 0 Å². The van der Waals surface area contributed by atoms with E-state index in [0.29, 0.717) is 6.42 Å². The maximum Gasteiger partial charge on any atom is 0.220 e. The Morgan fingerprint density at radius 2 is 2.00 bits per heavy atom. The maximum absolute atomic E-state index is 11.7. The molecule has 3 nitrogen and oxygen atoms in total. The van der Waals surface area contributed by atoms with E-state index in [-0.39, 0.29) is 12.5 Å². The lowest BCUT2D eigenvalue weighted by Crippen LogP contribution is -2.28. The molecule has 19 heavy (non-hydrogen) atoms. The van der Waals surface area contributed by atoms with E-state index < -0.39 is 6.10 Å². The summed E-state index contributed by atoms with van der Waals surface area (Å²) in [5, 5.41) is 14.5. The molecule has 1 unspecified atom stereocenters. The SMILES string of the molecule is O=C(CCc1ccccc1)NCC(O)c1cccs1. The van der Waals surface area contributed by atoms with Crippen LogP contribution in [0.15, 0.2) is 47.8 Å². The van der Waals surface area contributed by atoms with E-state index in [0.717, 1.165) is 16.9 Å². The number of carbonyl (C=O) groups is 1. The van der Waals surface area contributed by atoms with Crippen LogP contribution in [0.25, 0.3) is 0 Å². The van der Waals surface area contributed by atoms with Crippen LogP contribution in [0.3, 0.4) is 0 Å². The number of benzene rings is 1. The molecule has 0 saturated carbocycles. The molecule has 2 N–H and O–H groups in total. The van der Waals surface area contributed by atoms with Gasteiger partial charge >= 0.3 is 0 Å². The summed E-state index contributed by atoms with van der Waals surface area (Å²) in [5.41, 5.74) is 1.15. The molecule has 1 heterocycles. The summed E-state index contributed by atoms with van der Waals surface area (Å²) >= 11 is 1.49. The number of nitrogens with one attached hydrogen (secondary N) is 1. The molecule has 0 bridgehead atoms. The van der Waals surface area contributed by atoms with Crippen molar-refractivity contribution in [3.63, 3.8) is 0 Å². The summed E-state index contributed by atoms with van der Waals surface area (Å²) in [4.78, 5) is 12.5. The van der Waals surface area contributed by atoms with Gasteiger partial charge in [-0.1, -0.05) is 36.4 Å². The minimum atomic E-state index is -0.610. The molecule has 2 rings (SSSR count). The Bertz CT molecular complexity index is 496. The average molecular weight is 275 g/mol. The van der Waals surface area contributed by atoms with Gasteiger partial charge in [-0.05, 0) is 23.4 Å². The van der Waals surface area contributed by atoms with Gasteiger partial charge in [-0.25, -0.2) is 0 Å². The van der Waals surface area contributed by atoms with Crippen LogP contribution in [0, 0.1) is 0 Å². The van der Waals surface area contributed by atoms with Crippen molar-refractivity contribution in [2.45, 2.75) is 18.9 Å². The molecule has 0 saturated heterocycles. The highest BCUT2D eigenvalue weighted by atomic mass is 32.1. The first kappa shape index (κ1) is 13.8. The van der Waals surface area contributed by atoms with Crippen LogP contribution < -0.4 is 5.32 Å². The summed E-state index contributed by atoms with van der Waals surface area (Å²) in [6.45, 7) is 0.272. The molecule has 0 spiro atoms. The zero-order valence-corrected chi connectivity index (χ0v) is 11.4. The Hall–Kier alpha value is -1.65. The van der Waals surface area contributed by atoms with Gasteiger partial charge in [0.2, 0.25) is 5.91 Å². The van der Waals surface area contributed by atoms with E-state index in [1.165, 1.54) is 11.3 Å². The molecule has 1 amide bonds. The van der Waals surface area contributed by atoms with Crippen molar-refractivity contribution in [2.75, 3.05) is 6.54 Å². The number of hydrogen-bond donors (Lipinski definition) is 2. The van der Waals surface area contributed by atoms with Crippen molar-refractivity contribution in [3.8, 4) is 0 Å². The Morgan fingerprint density at radius 3 is 2.68 bits per heavy atom. The molecular formula is C15H17NO2S. The fraction of sp³-hybridized carbons (Fsp3) is 0.267. The quantitative estimate of drug-likeness (QED) is 0.851. The van der Waals surface area contributed by atoms with E-state index in [9.17, 15) is 9.90 Å². The number of rotatable bonds is 6. The number of hydrogen-bond acceptors (Lipinski definition) is 3. The molecule has 2 aromatic rings. The minimum Gasteiger partial charge on any atom is -0.386 e. The van der Waals surface area contributed by atoms with Gasteiger partial charge < -0.3 is 10.4 Å². The predicted molar refractivity (Wildman–Crippen MR) is 77.1 cm³/mol. The Balaban J connectivity index is 1.70. The summed E-state index contributed by atoms with van der Waals surface area (Å²) in [7, 11) is 0. The van der Waals surface area contributed by atoms with Gasteiger partial charge in [0.15, 0.2) is 0 Å². The second-order valence-electron chi connectivity index (χ2n) is 4.32. The third-order valence-corrected chi connectivity index (χ3v) is 3.82. The van der Waals surface area contributed by atoms with E-state index >= 15 is 0 Å². The molecule has 0 aliphatic heterocycles. The van der Waals surface area contributed by atoms with Gasteiger partial charge in [0.1, 0.15) is 6.10 Å². The second-order valence-corrected chi connectivity index (χ2v) is 5.30. The normalized spacial score (nSPS) is 12.1. The van der Waals surface area contributed by atoms with Gasteiger partial charge in [0, 0.05) is 17.8 Å². The molecule has 100 valence electrons. The number of thiophene rings is 1. The standard InChI is InChI=1S/C15H17NO2S/c17-13(14-7-4-10-19-14)11-16-15(18)9-8-12-5-2-1-3-6-12/h1-7,10,13,17H,8-9,11H2,(H,16,18). The van der Waals surface area contributed by atoms with Crippen LogP contribution in [-0.2, 0) is 11.2 Å². The number of amides is 1. The lowest BCUT2D eigenvalue weighted by Gasteiger charge is -2.10. The Morgan fingerprint density at radius 1 is 1.21 bits per heavy atom. The highest BCUT2D eigenvalue weighted by Gasteiger charge is 2.10. The second kappa shape index (κ2) is 7.07. The van der Waals surface area contributed by atoms with Crippen LogP contribution in [0.4, 0.5) is 0 Å². The fourth-order valence-corrected chi connectivity index (χ4v) is 2.49. The van der Waals surface area contributed by atoms with Crippen LogP contribution in [0.1, 0.15) is 23.0 Å².